The van der Waals surface area contributed by atoms with Crippen LogP contribution in [0.4, 0.5) is 0 Å². The molecule has 0 aliphatic heterocycles. The number of nitrogens with one attached hydrogen (secondary N) is 2. The van der Waals surface area contributed by atoms with E-state index in [4.69, 9.17) is 5.26 Å². The Labute approximate surface area is 111 Å². The number of aromatic amines is 1. The van der Waals surface area contributed by atoms with Crippen LogP contribution >= 0.6 is 0 Å². The van der Waals surface area contributed by atoms with E-state index in [9.17, 15) is 4.79 Å². The van der Waals surface area contributed by atoms with Gasteiger partial charge in [-0.1, -0.05) is 25.0 Å². The number of nitrogens with zero attached hydrogens (tertiary/aromatic N) is 1. The van der Waals surface area contributed by atoms with E-state index in [2.05, 4.69) is 16.4 Å². The maximum absolute atomic E-state index is 12.1. The molecule has 4 heteroatoms. The summed E-state index contributed by atoms with van der Waals surface area (Å²) < 4.78 is 0. The number of benzene rings is 1. The number of carbonyl (C=O) groups is 1. The fourth-order valence-corrected chi connectivity index (χ4v) is 2.70. The monoisotopic (exact) mass is 253 g/mol. The van der Waals surface area contributed by atoms with Gasteiger partial charge in [-0.05, 0) is 25.0 Å². The third-order valence-electron chi connectivity index (χ3n) is 3.71. The van der Waals surface area contributed by atoms with Crippen molar-refractivity contribution in [2.75, 3.05) is 0 Å². The van der Waals surface area contributed by atoms with E-state index in [-0.39, 0.29) is 5.91 Å². The van der Waals surface area contributed by atoms with Crippen LogP contribution < -0.4 is 5.32 Å². The number of hydrogen-bond donors (Lipinski definition) is 2. The third kappa shape index (κ3) is 2.19. The van der Waals surface area contributed by atoms with Gasteiger partial charge in [-0.3, -0.25) is 4.79 Å². The molecule has 0 atom stereocenters. The number of rotatable bonds is 2. The number of hydrogen-bond acceptors (Lipinski definition) is 2. The lowest BCUT2D eigenvalue weighted by Crippen LogP contribution is -2.32. The van der Waals surface area contributed by atoms with Crippen LogP contribution in [0.2, 0.25) is 0 Å². The topological polar surface area (TPSA) is 68.7 Å². The molecule has 96 valence electrons. The molecule has 0 bridgehead atoms. The van der Waals surface area contributed by atoms with Crippen LogP contribution in [-0.4, -0.2) is 16.9 Å². The van der Waals surface area contributed by atoms with Crippen LogP contribution in [-0.2, 0) is 0 Å². The molecular weight excluding hydrogens is 238 g/mol. The molecule has 19 heavy (non-hydrogen) atoms. The summed E-state index contributed by atoms with van der Waals surface area (Å²) in [5, 5.41) is 13.0. The van der Waals surface area contributed by atoms with Gasteiger partial charge < -0.3 is 10.3 Å². The second-order valence-corrected chi connectivity index (χ2v) is 5.02. The van der Waals surface area contributed by atoms with Crippen LogP contribution in [0.15, 0.2) is 24.3 Å². The predicted octanol–water partition coefficient (Wildman–Crippen LogP) is 2.71. The lowest BCUT2D eigenvalue weighted by atomic mass is 10.1. The van der Waals surface area contributed by atoms with Gasteiger partial charge in [0, 0.05) is 11.4 Å². The maximum Gasteiger partial charge on any atom is 0.267 e. The highest BCUT2D eigenvalue weighted by Gasteiger charge is 2.19. The third-order valence-corrected chi connectivity index (χ3v) is 3.71. The largest absolute Gasteiger partial charge is 0.349 e. The van der Waals surface area contributed by atoms with Crippen molar-refractivity contribution in [2.24, 2.45) is 0 Å². The summed E-state index contributed by atoms with van der Waals surface area (Å²) in [6, 6.07) is 9.71. The van der Waals surface area contributed by atoms with Gasteiger partial charge in [0.25, 0.3) is 5.91 Å². The van der Waals surface area contributed by atoms with Crippen LogP contribution in [0.1, 0.15) is 41.7 Å². The van der Waals surface area contributed by atoms with Crippen molar-refractivity contribution in [2.45, 2.75) is 31.7 Å². The summed E-state index contributed by atoms with van der Waals surface area (Å²) in [4.78, 5) is 15.2. The summed E-state index contributed by atoms with van der Waals surface area (Å²) in [6.45, 7) is 0. The van der Waals surface area contributed by atoms with Crippen molar-refractivity contribution >= 4 is 16.8 Å². The normalized spacial score (nSPS) is 15.5. The zero-order valence-electron chi connectivity index (χ0n) is 10.6. The van der Waals surface area contributed by atoms with Crippen molar-refractivity contribution < 1.29 is 4.79 Å². The second kappa shape index (κ2) is 4.77. The number of para-hydroxylation sites is 1. The number of amides is 1. The van der Waals surface area contributed by atoms with E-state index in [1.807, 2.05) is 12.1 Å². The number of carbonyl (C=O) groups excluding carboxylic acids is 1. The molecule has 1 saturated carbocycles. The molecule has 1 fully saturated rings. The zero-order valence-corrected chi connectivity index (χ0v) is 10.6. The molecule has 1 heterocycles. The summed E-state index contributed by atoms with van der Waals surface area (Å²) >= 11 is 0. The van der Waals surface area contributed by atoms with Gasteiger partial charge in [0.2, 0.25) is 0 Å². The summed E-state index contributed by atoms with van der Waals surface area (Å²) in [5.74, 6) is -0.0769. The molecule has 1 amide bonds. The smallest absolute Gasteiger partial charge is 0.267 e. The number of H-pyrrole nitrogens is 1. The molecule has 0 unspecified atom stereocenters. The van der Waals surface area contributed by atoms with Crippen molar-refractivity contribution in [3.8, 4) is 6.07 Å². The standard InChI is InChI=1S/C15H15N3O/c16-9-11-5-3-4-10-8-13(18-14(10)11)15(19)17-12-6-1-2-7-12/h3-5,8,12,18H,1-2,6-7H2,(H,17,19). The van der Waals surface area contributed by atoms with Gasteiger partial charge in [0.05, 0.1) is 11.1 Å². The van der Waals surface area contributed by atoms with E-state index < -0.39 is 0 Å². The fraction of sp³-hybridized carbons (Fsp3) is 0.333. The Hall–Kier alpha value is -2.28. The molecule has 0 spiro atoms. The van der Waals surface area contributed by atoms with Crippen LogP contribution in [0.25, 0.3) is 10.9 Å². The lowest BCUT2D eigenvalue weighted by Gasteiger charge is -2.10. The highest BCUT2D eigenvalue weighted by molar-refractivity contribution is 5.99. The second-order valence-electron chi connectivity index (χ2n) is 5.02. The summed E-state index contributed by atoms with van der Waals surface area (Å²) in [7, 11) is 0. The minimum absolute atomic E-state index is 0.0769. The quantitative estimate of drug-likeness (QED) is 0.864. The van der Waals surface area contributed by atoms with E-state index in [1.165, 1.54) is 12.8 Å². The zero-order chi connectivity index (χ0) is 13.2. The average Bonchev–Trinajstić information content (AvgIpc) is 3.06. The van der Waals surface area contributed by atoms with Crippen molar-refractivity contribution in [3.05, 3.63) is 35.5 Å². The van der Waals surface area contributed by atoms with Crippen molar-refractivity contribution in [1.82, 2.24) is 10.3 Å². The van der Waals surface area contributed by atoms with Crippen LogP contribution in [0.3, 0.4) is 0 Å². The Balaban J connectivity index is 1.88. The van der Waals surface area contributed by atoms with Gasteiger partial charge in [-0.2, -0.15) is 5.26 Å². The first-order chi connectivity index (χ1) is 9.28. The van der Waals surface area contributed by atoms with E-state index in [1.54, 1.807) is 12.1 Å². The molecule has 4 nitrogen and oxygen atoms in total. The van der Waals surface area contributed by atoms with E-state index in [0.29, 0.717) is 17.3 Å². The highest BCUT2D eigenvalue weighted by atomic mass is 16.1. The molecule has 0 saturated heterocycles. The molecule has 2 aromatic rings. The molecule has 1 aliphatic carbocycles. The molecule has 1 aliphatic rings. The molecule has 1 aromatic heterocycles. The molecule has 2 N–H and O–H groups in total. The number of nitriles is 1. The van der Waals surface area contributed by atoms with Gasteiger partial charge in [0.15, 0.2) is 0 Å². The van der Waals surface area contributed by atoms with E-state index in [0.717, 1.165) is 23.7 Å². The number of aromatic nitrogens is 1. The molecule has 3 rings (SSSR count). The number of fused-ring (bicyclic) bond motifs is 1. The van der Waals surface area contributed by atoms with Gasteiger partial charge in [-0.25, -0.2) is 0 Å². The molecular formula is C15H15N3O. The Morgan fingerprint density at radius 3 is 2.89 bits per heavy atom. The summed E-state index contributed by atoms with van der Waals surface area (Å²) in [5.41, 5.74) is 1.84. The van der Waals surface area contributed by atoms with Gasteiger partial charge in [-0.15, -0.1) is 0 Å². The Morgan fingerprint density at radius 2 is 2.16 bits per heavy atom. The van der Waals surface area contributed by atoms with Gasteiger partial charge in [0.1, 0.15) is 11.8 Å². The Morgan fingerprint density at radius 1 is 1.37 bits per heavy atom. The molecule has 0 radical (unpaired) electrons. The minimum atomic E-state index is -0.0769. The minimum Gasteiger partial charge on any atom is -0.349 e. The first-order valence-corrected chi connectivity index (χ1v) is 6.60. The summed E-state index contributed by atoms with van der Waals surface area (Å²) in [6.07, 6.45) is 4.51. The maximum atomic E-state index is 12.1. The first-order valence-electron chi connectivity index (χ1n) is 6.60. The van der Waals surface area contributed by atoms with Gasteiger partial charge >= 0.3 is 0 Å². The van der Waals surface area contributed by atoms with Crippen LogP contribution in [0.5, 0.6) is 0 Å². The van der Waals surface area contributed by atoms with Crippen molar-refractivity contribution in [1.29, 1.82) is 5.26 Å². The Kier molecular flexibility index (Phi) is 2.96. The SMILES string of the molecule is N#Cc1cccc2cc(C(=O)NC3CCCC3)[nH]c12. The molecule has 1 aromatic carbocycles. The predicted molar refractivity (Wildman–Crippen MR) is 72.7 cm³/mol. The Bertz CT molecular complexity index is 660. The van der Waals surface area contributed by atoms with E-state index >= 15 is 0 Å². The van der Waals surface area contributed by atoms with Crippen LogP contribution in [0, 0.1) is 11.3 Å². The lowest BCUT2D eigenvalue weighted by molar-refractivity contribution is 0.0933. The first kappa shape index (κ1) is 11.8. The average molecular weight is 253 g/mol. The highest BCUT2D eigenvalue weighted by Crippen LogP contribution is 2.21. The fourth-order valence-electron chi connectivity index (χ4n) is 2.70. The van der Waals surface area contributed by atoms with Crippen molar-refractivity contribution in [3.63, 3.8) is 0 Å².